The topological polar surface area (TPSA) is 77.4 Å². The monoisotopic (exact) mass is 466 g/mol. The van der Waals surface area contributed by atoms with Crippen LogP contribution in [-0.4, -0.2) is 47.5 Å². The number of aliphatic hydroxyl groups is 2. The van der Waals surface area contributed by atoms with Crippen LogP contribution < -0.4 is 4.74 Å². The van der Waals surface area contributed by atoms with Crippen LogP contribution in [0.25, 0.3) is 0 Å². The molecule has 0 spiro atoms. The lowest BCUT2D eigenvalue weighted by Gasteiger charge is -2.43. The van der Waals surface area contributed by atoms with Crippen LogP contribution in [0.5, 0.6) is 5.75 Å². The summed E-state index contributed by atoms with van der Waals surface area (Å²) in [6, 6.07) is 9.90. The number of hydrogen-bond donors (Lipinski definition) is 2. The van der Waals surface area contributed by atoms with Crippen molar-refractivity contribution < 1.29 is 33.6 Å². The summed E-state index contributed by atoms with van der Waals surface area (Å²) in [5.41, 5.74) is 1.91. The number of benzene rings is 2. The average Bonchev–Trinajstić information content (AvgIpc) is 3.06. The molecule has 2 aromatic carbocycles. The third-order valence-electron chi connectivity index (χ3n) is 5.71. The van der Waals surface area contributed by atoms with Crippen molar-refractivity contribution in [3.05, 3.63) is 63.9 Å². The number of aliphatic hydroxyl groups excluding tert-OH is 2. The van der Waals surface area contributed by atoms with Crippen LogP contribution in [0.4, 0.5) is 4.39 Å². The van der Waals surface area contributed by atoms with Crippen LogP contribution in [0.15, 0.2) is 36.4 Å². The fraction of sp³-hybridized carbons (Fsp3) is 0.500. The first-order chi connectivity index (χ1) is 15.2. The molecule has 4 atom stereocenters. The van der Waals surface area contributed by atoms with Gasteiger partial charge in [0.25, 0.3) is 0 Å². The van der Waals surface area contributed by atoms with Gasteiger partial charge in [-0.25, -0.2) is 4.39 Å². The van der Waals surface area contributed by atoms with E-state index in [1.54, 1.807) is 37.3 Å². The summed E-state index contributed by atoms with van der Waals surface area (Å²) in [6.07, 6.45) is -2.12. The second-order valence-electron chi connectivity index (χ2n) is 8.53. The molecule has 2 N–H and O–H groups in total. The van der Waals surface area contributed by atoms with E-state index in [0.717, 1.165) is 0 Å². The molecule has 2 heterocycles. The van der Waals surface area contributed by atoms with Gasteiger partial charge >= 0.3 is 0 Å². The minimum atomic E-state index is -1.59. The summed E-state index contributed by atoms with van der Waals surface area (Å²) in [6.45, 7) is 5.98. The smallest absolute Gasteiger partial charge is 0.227 e. The summed E-state index contributed by atoms with van der Waals surface area (Å²) < 4.78 is 37.6. The van der Waals surface area contributed by atoms with Gasteiger partial charge in [-0.1, -0.05) is 23.7 Å². The van der Waals surface area contributed by atoms with E-state index in [-0.39, 0.29) is 24.9 Å². The molecule has 4 rings (SSSR count). The van der Waals surface area contributed by atoms with Crippen molar-refractivity contribution in [1.29, 1.82) is 0 Å². The average molecular weight is 467 g/mol. The minimum Gasteiger partial charge on any atom is -0.491 e. The van der Waals surface area contributed by atoms with E-state index in [0.29, 0.717) is 34.7 Å². The second kappa shape index (κ2) is 8.89. The van der Waals surface area contributed by atoms with E-state index >= 15 is 0 Å². The van der Waals surface area contributed by atoms with Gasteiger partial charge < -0.3 is 29.2 Å². The molecule has 2 aliphatic rings. The highest BCUT2D eigenvalue weighted by molar-refractivity contribution is 6.31. The Morgan fingerprint density at radius 3 is 2.69 bits per heavy atom. The minimum absolute atomic E-state index is 0.0708. The van der Waals surface area contributed by atoms with Gasteiger partial charge in [-0.15, -0.1) is 0 Å². The number of hydrogen-bond acceptors (Lipinski definition) is 6. The maximum absolute atomic E-state index is 14.3. The Labute approximate surface area is 191 Å². The standard InChI is InChI=1S/C24H28ClFO6/c1-4-29-21-8-5-15(10-19(21)26)9-16-11-17(6-7-18(16)25)24-22(28)20(27)12-23(32-24,13-30-24)31-14(2)3/h5-8,10-11,14,20,22,27-28H,4,9,12-13H2,1-3H3/t20?,22-,23-,24+/m1/s1. The maximum Gasteiger partial charge on any atom is 0.227 e. The van der Waals surface area contributed by atoms with Crippen molar-refractivity contribution in [3.63, 3.8) is 0 Å². The van der Waals surface area contributed by atoms with Crippen molar-refractivity contribution in [1.82, 2.24) is 0 Å². The Morgan fingerprint density at radius 2 is 2.00 bits per heavy atom. The molecule has 8 heteroatoms. The molecule has 2 aromatic rings. The van der Waals surface area contributed by atoms with Crippen molar-refractivity contribution in [2.45, 2.75) is 63.5 Å². The van der Waals surface area contributed by atoms with Crippen LogP contribution in [0, 0.1) is 5.82 Å². The first-order valence-electron chi connectivity index (χ1n) is 10.8. The number of fused-ring (bicyclic) bond motifs is 2. The second-order valence-corrected chi connectivity index (χ2v) is 8.94. The van der Waals surface area contributed by atoms with Gasteiger partial charge in [0.2, 0.25) is 5.79 Å². The summed E-state index contributed by atoms with van der Waals surface area (Å²) >= 11 is 6.43. The molecule has 1 unspecified atom stereocenters. The highest BCUT2D eigenvalue weighted by Crippen LogP contribution is 2.50. The van der Waals surface area contributed by atoms with E-state index in [1.807, 2.05) is 13.8 Å². The van der Waals surface area contributed by atoms with E-state index in [2.05, 4.69) is 0 Å². The maximum atomic E-state index is 14.3. The third-order valence-corrected chi connectivity index (χ3v) is 6.08. The van der Waals surface area contributed by atoms with Crippen molar-refractivity contribution in [3.8, 4) is 5.75 Å². The first-order valence-corrected chi connectivity index (χ1v) is 11.1. The van der Waals surface area contributed by atoms with Gasteiger partial charge in [0.05, 0.1) is 18.8 Å². The Kier molecular flexibility index (Phi) is 6.51. The van der Waals surface area contributed by atoms with E-state index in [4.69, 9.17) is 30.5 Å². The predicted molar refractivity (Wildman–Crippen MR) is 116 cm³/mol. The quantitative estimate of drug-likeness (QED) is 0.644. The van der Waals surface area contributed by atoms with E-state index in [9.17, 15) is 14.6 Å². The van der Waals surface area contributed by atoms with Gasteiger partial charge in [0, 0.05) is 17.0 Å². The first kappa shape index (κ1) is 23.4. The molecule has 6 nitrogen and oxygen atoms in total. The lowest BCUT2D eigenvalue weighted by atomic mass is 9.89. The highest BCUT2D eigenvalue weighted by Gasteiger charge is 2.63. The van der Waals surface area contributed by atoms with Crippen LogP contribution in [-0.2, 0) is 26.4 Å². The normalized spacial score (nSPS) is 29.5. The van der Waals surface area contributed by atoms with Crippen LogP contribution in [0.1, 0.15) is 43.9 Å². The number of ether oxygens (including phenoxy) is 4. The summed E-state index contributed by atoms with van der Waals surface area (Å²) in [5, 5.41) is 21.9. The molecule has 0 saturated carbocycles. The molecular formula is C24H28ClFO6. The van der Waals surface area contributed by atoms with E-state index in [1.165, 1.54) is 6.07 Å². The molecule has 0 aliphatic carbocycles. The number of rotatable bonds is 7. The van der Waals surface area contributed by atoms with E-state index < -0.39 is 29.6 Å². The summed E-state index contributed by atoms with van der Waals surface area (Å²) in [5.74, 6) is -2.98. The predicted octanol–water partition coefficient (Wildman–Crippen LogP) is 3.92. The zero-order chi connectivity index (χ0) is 23.1. The lowest BCUT2D eigenvalue weighted by molar-refractivity contribution is -0.354. The largest absolute Gasteiger partial charge is 0.491 e. The number of halogens is 2. The molecule has 0 amide bonds. The van der Waals surface area contributed by atoms with Gasteiger partial charge in [-0.2, -0.15) is 0 Å². The van der Waals surface area contributed by atoms with Crippen LogP contribution in [0.3, 0.4) is 0 Å². The molecule has 2 saturated heterocycles. The zero-order valence-corrected chi connectivity index (χ0v) is 19.1. The highest BCUT2D eigenvalue weighted by atomic mass is 35.5. The molecule has 174 valence electrons. The molecule has 2 aliphatic heterocycles. The van der Waals surface area contributed by atoms with Crippen molar-refractivity contribution in [2.24, 2.45) is 0 Å². The third kappa shape index (κ3) is 4.25. The zero-order valence-electron chi connectivity index (χ0n) is 18.3. The molecule has 2 bridgehead atoms. The summed E-state index contributed by atoms with van der Waals surface area (Å²) in [7, 11) is 0. The lowest BCUT2D eigenvalue weighted by Crippen LogP contribution is -2.57. The fourth-order valence-corrected chi connectivity index (χ4v) is 4.59. The van der Waals surface area contributed by atoms with Gasteiger partial charge in [-0.3, -0.25) is 0 Å². The molecule has 2 fully saturated rings. The summed E-state index contributed by atoms with van der Waals surface area (Å²) in [4.78, 5) is 0. The Morgan fingerprint density at radius 1 is 1.22 bits per heavy atom. The SMILES string of the molecule is CCOc1ccc(Cc2cc([C@@]34OC[C@@](OC(C)C)(CC(O)[C@H]3O)O4)ccc2Cl)cc1F. The molecular weight excluding hydrogens is 439 g/mol. The fourth-order valence-electron chi connectivity index (χ4n) is 4.40. The molecule has 0 radical (unpaired) electrons. The van der Waals surface area contributed by atoms with Gasteiger partial charge in [0.15, 0.2) is 17.4 Å². The van der Waals surface area contributed by atoms with Crippen molar-refractivity contribution >= 4 is 11.6 Å². The van der Waals surface area contributed by atoms with Crippen LogP contribution >= 0.6 is 11.6 Å². The van der Waals surface area contributed by atoms with Crippen LogP contribution in [0.2, 0.25) is 5.02 Å². The molecule has 32 heavy (non-hydrogen) atoms. The Balaban J connectivity index is 1.65. The van der Waals surface area contributed by atoms with Gasteiger partial charge in [0.1, 0.15) is 12.7 Å². The Bertz CT molecular complexity index is 985. The Hall–Kier alpha value is -1.74. The van der Waals surface area contributed by atoms with Crippen molar-refractivity contribution in [2.75, 3.05) is 13.2 Å². The molecule has 0 aromatic heterocycles. The van der Waals surface area contributed by atoms with Gasteiger partial charge in [-0.05, 0) is 62.6 Å².